The first-order valence-electron chi connectivity index (χ1n) is 7.87. The summed E-state index contributed by atoms with van der Waals surface area (Å²) in [5.74, 6) is 0.254. The summed E-state index contributed by atoms with van der Waals surface area (Å²) in [5, 5.41) is 8.72. The van der Waals surface area contributed by atoms with Crippen molar-refractivity contribution in [3.63, 3.8) is 0 Å². The maximum atomic E-state index is 10.6. The summed E-state index contributed by atoms with van der Waals surface area (Å²) in [6, 6.07) is 0.792. The molecule has 4 nitrogen and oxygen atoms in total. The molecule has 1 aliphatic carbocycles. The van der Waals surface area contributed by atoms with Crippen LogP contribution in [0.2, 0.25) is 0 Å². The predicted octanol–water partition coefficient (Wildman–Crippen LogP) is 2.05. The van der Waals surface area contributed by atoms with E-state index in [4.69, 9.17) is 5.11 Å². The minimum atomic E-state index is -0.680. The second-order valence-electron chi connectivity index (χ2n) is 6.12. The van der Waals surface area contributed by atoms with E-state index in [0.29, 0.717) is 6.54 Å². The van der Waals surface area contributed by atoms with Gasteiger partial charge in [-0.1, -0.05) is 26.2 Å². The van der Waals surface area contributed by atoms with Gasteiger partial charge >= 0.3 is 5.97 Å². The van der Waals surface area contributed by atoms with Crippen LogP contribution in [0.25, 0.3) is 0 Å². The minimum absolute atomic E-state index is 0.279. The van der Waals surface area contributed by atoms with Gasteiger partial charge in [-0.2, -0.15) is 0 Å². The van der Waals surface area contributed by atoms with E-state index in [2.05, 4.69) is 16.7 Å². The van der Waals surface area contributed by atoms with Gasteiger partial charge in [-0.3, -0.25) is 9.69 Å². The van der Waals surface area contributed by atoms with Gasteiger partial charge in [0.25, 0.3) is 0 Å². The Kier molecular flexibility index (Phi) is 5.64. The molecule has 0 spiro atoms. The van der Waals surface area contributed by atoms with E-state index in [0.717, 1.165) is 38.1 Å². The Morgan fingerprint density at radius 2 is 1.95 bits per heavy atom. The van der Waals surface area contributed by atoms with E-state index < -0.39 is 5.97 Å². The van der Waals surface area contributed by atoms with Crippen LogP contribution in [-0.4, -0.2) is 59.6 Å². The van der Waals surface area contributed by atoms with Crippen LogP contribution in [0.3, 0.4) is 0 Å². The van der Waals surface area contributed by atoms with Crippen LogP contribution >= 0.6 is 0 Å². The van der Waals surface area contributed by atoms with Crippen LogP contribution < -0.4 is 0 Å². The third kappa shape index (κ3) is 4.46. The molecule has 2 rings (SSSR count). The second kappa shape index (κ2) is 7.25. The van der Waals surface area contributed by atoms with Crippen LogP contribution in [0, 0.1) is 5.92 Å². The molecule has 2 fully saturated rings. The molecule has 2 aliphatic rings. The molecular formula is C15H28N2O2. The Balaban J connectivity index is 1.72. The maximum absolute atomic E-state index is 10.6. The molecule has 1 saturated heterocycles. The predicted molar refractivity (Wildman–Crippen MR) is 76.3 cm³/mol. The molecule has 0 aromatic heterocycles. The summed E-state index contributed by atoms with van der Waals surface area (Å²) in [4.78, 5) is 15.5. The summed E-state index contributed by atoms with van der Waals surface area (Å²) in [6.07, 6.45) is 7.17. The number of piperazine rings is 1. The Morgan fingerprint density at radius 3 is 2.58 bits per heavy atom. The standard InChI is InChI=1S/C15H28N2O2/c1-2-13-4-3-5-14(12-13)17-10-8-16(9-11-17)7-6-15(18)19/h13-14H,2-12H2,1H3,(H,18,19). The minimum Gasteiger partial charge on any atom is -0.481 e. The topological polar surface area (TPSA) is 43.8 Å². The fourth-order valence-corrected chi connectivity index (χ4v) is 3.57. The fraction of sp³-hybridized carbons (Fsp3) is 0.933. The first-order chi connectivity index (χ1) is 9.19. The summed E-state index contributed by atoms with van der Waals surface area (Å²) in [7, 11) is 0. The van der Waals surface area contributed by atoms with E-state index in [1.165, 1.54) is 32.1 Å². The van der Waals surface area contributed by atoms with Gasteiger partial charge < -0.3 is 10.0 Å². The highest BCUT2D eigenvalue weighted by Crippen LogP contribution is 2.30. The highest BCUT2D eigenvalue weighted by molar-refractivity contribution is 5.66. The van der Waals surface area contributed by atoms with Gasteiger partial charge in [0.1, 0.15) is 0 Å². The Hall–Kier alpha value is -0.610. The lowest BCUT2D eigenvalue weighted by Gasteiger charge is -2.42. The second-order valence-corrected chi connectivity index (χ2v) is 6.12. The van der Waals surface area contributed by atoms with Crippen molar-refractivity contribution in [3.8, 4) is 0 Å². The molecule has 1 N–H and O–H groups in total. The van der Waals surface area contributed by atoms with E-state index in [-0.39, 0.29) is 6.42 Å². The molecule has 4 heteroatoms. The number of hydrogen-bond donors (Lipinski definition) is 1. The van der Waals surface area contributed by atoms with Crippen LogP contribution in [0.5, 0.6) is 0 Å². The molecule has 1 aliphatic heterocycles. The van der Waals surface area contributed by atoms with Crippen LogP contribution in [0.4, 0.5) is 0 Å². The van der Waals surface area contributed by atoms with Crippen molar-refractivity contribution in [3.05, 3.63) is 0 Å². The van der Waals surface area contributed by atoms with E-state index in [1.54, 1.807) is 0 Å². The molecule has 19 heavy (non-hydrogen) atoms. The summed E-state index contributed by atoms with van der Waals surface area (Å²) < 4.78 is 0. The summed E-state index contributed by atoms with van der Waals surface area (Å²) in [5.41, 5.74) is 0. The fourth-order valence-electron chi connectivity index (χ4n) is 3.57. The van der Waals surface area contributed by atoms with Gasteiger partial charge in [-0.25, -0.2) is 0 Å². The quantitative estimate of drug-likeness (QED) is 0.829. The normalized spacial score (nSPS) is 30.4. The van der Waals surface area contributed by atoms with Crippen molar-refractivity contribution in [1.29, 1.82) is 0 Å². The highest BCUT2D eigenvalue weighted by atomic mass is 16.4. The first kappa shape index (κ1) is 14.8. The SMILES string of the molecule is CCC1CCCC(N2CCN(CCC(=O)O)CC2)C1. The average Bonchev–Trinajstić information content (AvgIpc) is 2.45. The monoisotopic (exact) mass is 268 g/mol. The number of carbonyl (C=O) groups is 1. The van der Waals surface area contributed by atoms with Gasteiger partial charge in [0.15, 0.2) is 0 Å². The zero-order chi connectivity index (χ0) is 13.7. The largest absolute Gasteiger partial charge is 0.481 e. The van der Waals surface area contributed by atoms with E-state index in [9.17, 15) is 4.79 Å². The van der Waals surface area contributed by atoms with Crippen LogP contribution in [-0.2, 0) is 4.79 Å². The Bertz CT molecular complexity index is 288. The van der Waals surface area contributed by atoms with Gasteiger partial charge in [-0.15, -0.1) is 0 Å². The lowest BCUT2D eigenvalue weighted by Crippen LogP contribution is -2.51. The van der Waals surface area contributed by atoms with Crippen molar-refractivity contribution in [1.82, 2.24) is 9.80 Å². The number of aliphatic carboxylic acids is 1. The zero-order valence-electron chi connectivity index (χ0n) is 12.2. The smallest absolute Gasteiger partial charge is 0.304 e. The van der Waals surface area contributed by atoms with Gasteiger partial charge in [0.05, 0.1) is 6.42 Å². The van der Waals surface area contributed by atoms with Crippen molar-refractivity contribution < 1.29 is 9.90 Å². The molecule has 2 unspecified atom stereocenters. The average molecular weight is 268 g/mol. The molecule has 0 bridgehead atoms. The number of hydrogen-bond acceptors (Lipinski definition) is 3. The van der Waals surface area contributed by atoms with Crippen molar-refractivity contribution in [2.24, 2.45) is 5.92 Å². The van der Waals surface area contributed by atoms with Crippen LogP contribution in [0.1, 0.15) is 45.4 Å². The molecule has 110 valence electrons. The molecular weight excluding hydrogens is 240 g/mol. The molecule has 1 heterocycles. The number of rotatable bonds is 5. The molecule has 2 atom stereocenters. The molecule has 0 radical (unpaired) electrons. The molecule has 0 amide bonds. The molecule has 0 aromatic rings. The molecule has 0 aromatic carbocycles. The summed E-state index contributed by atoms with van der Waals surface area (Å²) >= 11 is 0. The van der Waals surface area contributed by atoms with Crippen LogP contribution in [0.15, 0.2) is 0 Å². The number of nitrogens with zero attached hydrogens (tertiary/aromatic N) is 2. The number of carboxylic acids is 1. The highest BCUT2D eigenvalue weighted by Gasteiger charge is 2.28. The Morgan fingerprint density at radius 1 is 1.21 bits per heavy atom. The van der Waals surface area contributed by atoms with Gasteiger partial charge in [0, 0.05) is 38.8 Å². The lowest BCUT2D eigenvalue weighted by molar-refractivity contribution is -0.137. The number of carboxylic acid groups (broad SMARTS) is 1. The van der Waals surface area contributed by atoms with Gasteiger partial charge in [0.2, 0.25) is 0 Å². The van der Waals surface area contributed by atoms with Crippen molar-refractivity contribution in [2.45, 2.75) is 51.5 Å². The van der Waals surface area contributed by atoms with Crippen molar-refractivity contribution in [2.75, 3.05) is 32.7 Å². The summed E-state index contributed by atoms with van der Waals surface area (Å²) in [6.45, 7) is 7.37. The third-order valence-electron chi connectivity index (χ3n) is 4.90. The van der Waals surface area contributed by atoms with E-state index >= 15 is 0 Å². The van der Waals surface area contributed by atoms with Crippen molar-refractivity contribution >= 4 is 5.97 Å². The Labute approximate surface area is 116 Å². The molecule has 1 saturated carbocycles. The zero-order valence-corrected chi connectivity index (χ0v) is 12.2. The first-order valence-corrected chi connectivity index (χ1v) is 7.87. The van der Waals surface area contributed by atoms with E-state index in [1.807, 2.05) is 0 Å². The third-order valence-corrected chi connectivity index (χ3v) is 4.90. The maximum Gasteiger partial charge on any atom is 0.304 e. The van der Waals surface area contributed by atoms with Gasteiger partial charge in [-0.05, 0) is 18.8 Å². The lowest BCUT2D eigenvalue weighted by atomic mass is 9.83.